The van der Waals surface area contributed by atoms with E-state index in [9.17, 15) is 9.18 Å². The summed E-state index contributed by atoms with van der Waals surface area (Å²) in [4.78, 5) is 10.6. The van der Waals surface area contributed by atoms with E-state index in [1.165, 1.54) is 6.07 Å². The monoisotopic (exact) mass is 209 g/mol. The molecule has 1 unspecified atom stereocenters. The third-order valence-electron chi connectivity index (χ3n) is 2.67. The Labute approximate surface area is 86.7 Å². The topological polar surface area (TPSA) is 63.3 Å². The summed E-state index contributed by atoms with van der Waals surface area (Å²) < 4.78 is 13.5. The average Bonchev–Trinajstić information content (AvgIpc) is 3.00. The molecule has 3 N–H and O–H groups in total. The highest BCUT2D eigenvalue weighted by molar-refractivity contribution is 5.75. The van der Waals surface area contributed by atoms with Crippen molar-refractivity contribution in [2.24, 2.45) is 5.73 Å². The van der Waals surface area contributed by atoms with E-state index in [-0.39, 0.29) is 5.82 Å². The Morgan fingerprint density at radius 2 is 2.20 bits per heavy atom. The van der Waals surface area contributed by atoms with Crippen LogP contribution in [0.5, 0.6) is 0 Å². The number of carboxylic acids is 1. The van der Waals surface area contributed by atoms with Crippen LogP contribution in [0, 0.1) is 5.82 Å². The van der Waals surface area contributed by atoms with Crippen LogP contribution >= 0.6 is 0 Å². The van der Waals surface area contributed by atoms with Crippen molar-refractivity contribution in [1.29, 1.82) is 0 Å². The summed E-state index contributed by atoms with van der Waals surface area (Å²) in [5.41, 5.74) is 6.37. The minimum Gasteiger partial charge on any atom is -0.480 e. The van der Waals surface area contributed by atoms with Crippen LogP contribution in [-0.2, 0) is 4.79 Å². The predicted octanol–water partition coefficient (Wildman–Crippen LogP) is 1.79. The van der Waals surface area contributed by atoms with Crippen LogP contribution in [0.2, 0.25) is 0 Å². The van der Waals surface area contributed by atoms with Gasteiger partial charge in [-0.1, -0.05) is 12.1 Å². The van der Waals surface area contributed by atoms with Crippen LogP contribution in [0.3, 0.4) is 0 Å². The highest BCUT2D eigenvalue weighted by Gasteiger charge is 2.27. The summed E-state index contributed by atoms with van der Waals surface area (Å²) in [5, 5.41) is 8.67. The van der Waals surface area contributed by atoms with Gasteiger partial charge in [-0.25, -0.2) is 4.39 Å². The summed E-state index contributed by atoms with van der Waals surface area (Å²) in [6.45, 7) is 0. The normalized spacial score (nSPS) is 17.5. The van der Waals surface area contributed by atoms with Crippen molar-refractivity contribution >= 4 is 5.97 Å². The van der Waals surface area contributed by atoms with E-state index in [1.807, 2.05) is 0 Å². The van der Waals surface area contributed by atoms with Crippen molar-refractivity contribution < 1.29 is 14.3 Å². The zero-order chi connectivity index (χ0) is 11.0. The van der Waals surface area contributed by atoms with Crippen LogP contribution in [-0.4, -0.2) is 11.1 Å². The SMILES string of the molecule is NC(C(=O)O)c1ccc(C2CC2)c(F)c1. The summed E-state index contributed by atoms with van der Waals surface area (Å²) in [5.74, 6) is -1.17. The van der Waals surface area contributed by atoms with Gasteiger partial charge < -0.3 is 10.8 Å². The fraction of sp³-hybridized carbons (Fsp3) is 0.364. The maximum absolute atomic E-state index is 13.5. The molecule has 0 spiro atoms. The van der Waals surface area contributed by atoms with Crippen molar-refractivity contribution in [2.45, 2.75) is 24.8 Å². The van der Waals surface area contributed by atoms with Gasteiger partial charge in [0, 0.05) is 0 Å². The molecule has 4 heteroatoms. The fourth-order valence-electron chi connectivity index (χ4n) is 1.60. The summed E-state index contributed by atoms with van der Waals surface area (Å²) in [6.07, 6.45) is 2.03. The standard InChI is InChI=1S/C11H12FNO2/c12-9-5-7(10(13)11(14)15)3-4-8(9)6-1-2-6/h3-6,10H,1-2,13H2,(H,14,15). The summed E-state index contributed by atoms with van der Waals surface area (Å²) >= 11 is 0. The number of carbonyl (C=O) groups is 1. The molecule has 0 saturated heterocycles. The molecule has 0 amide bonds. The zero-order valence-electron chi connectivity index (χ0n) is 8.11. The summed E-state index contributed by atoms with van der Waals surface area (Å²) in [7, 11) is 0. The second kappa shape index (κ2) is 3.62. The minimum absolute atomic E-state index is 0.310. The lowest BCUT2D eigenvalue weighted by atomic mass is 10.0. The van der Waals surface area contributed by atoms with Crippen LogP contribution in [0.15, 0.2) is 18.2 Å². The fourth-order valence-corrected chi connectivity index (χ4v) is 1.60. The lowest BCUT2D eigenvalue weighted by Crippen LogP contribution is -2.20. The summed E-state index contributed by atoms with van der Waals surface area (Å²) in [6, 6.07) is 3.32. The number of rotatable bonds is 3. The Bertz CT molecular complexity index is 402. The molecular formula is C11H12FNO2. The van der Waals surface area contributed by atoms with E-state index in [0.29, 0.717) is 17.0 Å². The Kier molecular flexibility index (Phi) is 2.44. The maximum Gasteiger partial charge on any atom is 0.325 e. The molecule has 1 fully saturated rings. The molecule has 1 aliphatic carbocycles. The molecule has 1 atom stereocenters. The number of benzene rings is 1. The van der Waals surface area contributed by atoms with Gasteiger partial charge in [0.1, 0.15) is 11.9 Å². The number of halogens is 1. The van der Waals surface area contributed by atoms with Gasteiger partial charge in [-0.05, 0) is 36.0 Å². The highest BCUT2D eigenvalue weighted by Crippen LogP contribution is 2.41. The average molecular weight is 209 g/mol. The van der Waals surface area contributed by atoms with E-state index in [1.54, 1.807) is 12.1 Å². The predicted molar refractivity (Wildman–Crippen MR) is 52.9 cm³/mol. The van der Waals surface area contributed by atoms with E-state index in [4.69, 9.17) is 10.8 Å². The quantitative estimate of drug-likeness (QED) is 0.797. The first-order valence-electron chi connectivity index (χ1n) is 4.87. The van der Waals surface area contributed by atoms with E-state index < -0.39 is 12.0 Å². The van der Waals surface area contributed by atoms with Crippen LogP contribution in [0.4, 0.5) is 4.39 Å². The van der Waals surface area contributed by atoms with Crippen LogP contribution in [0.1, 0.15) is 35.9 Å². The van der Waals surface area contributed by atoms with Gasteiger partial charge in [-0.15, -0.1) is 0 Å². The molecule has 0 heterocycles. The molecule has 3 nitrogen and oxygen atoms in total. The van der Waals surface area contributed by atoms with Gasteiger partial charge in [0.05, 0.1) is 0 Å². The molecule has 80 valence electrons. The molecule has 2 rings (SSSR count). The first-order valence-corrected chi connectivity index (χ1v) is 4.87. The zero-order valence-corrected chi connectivity index (χ0v) is 8.11. The molecule has 1 aliphatic rings. The first kappa shape index (κ1) is 10.1. The third-order valence-corrected chi connectivity index (χ3v) is 2.67. The van der Waals surface area contributed by atoms with Crippen LogP contribution in [0.25, 0.3) is 0 Å². The van der Waals surface area contributed by atoms with Gasteiger partial charge in [-0.2, -0.15) is 0 Å². The van der Waals surface area contributed by atoms with Crippen molar-refractivity contribution in [3.63, 3.8) is 0 Å². The molecule has 0 bridgehead atoms. The number of nitrogens with two attached hydrogens (primary N) is 1. The number of hydrogen-bond donors (Lipinski definition) is 2. The van der Waals surface area contributed by atoms with Gasteiger partial charge >= 0.3 is 5.97 Å². The molecule has 0 aliphatic heterocycles. The Morgan fingerprint density at radius 3 is 2.67 bits per heavy atom. The van der Waals surface area contributed by atoms with E-state index in [0.717, 1.165) is 12.8 Å². The molecule has 1 aromatic carbocycles. The largest absolute Gasteiger partial charge is 0.480 e. The molecule has 15 heavy (non-hydrogen) atoms. The molecular weight excluding hydrogens is 197 g/mol. The van der Waals surface area contributed by atoms with Gasteiger partial charge in [-0.3, -0.25) is 4.79 Å². The Hall–Kier alpha value is -1.42. The van der Waals surface area contributed by atoms with Gasteiger partial charge in [0.25, 0.3) is 0 Å². The Balaban J connectivity index is 2.28. The van der Waals surface area contributed by atoms with E-state index in [2.05, 4.69) is 0 Å². The number of aliphatic carboxylic acids is 1. The smallest absolute Gasteiger partial charge is 0.325 e. The molecule has 0 radical (unpaired) electrons. The van der Waals surface area contributed by atoms with Crippen molar-refractivity contribution in [3.8, 4) is 0 Å². The highest BCUT2D eigenvalue weighted by atomic mass is 19.1. The minimum atomic E-state index is -1.15. The molecule has 1 saturated carbocycles. The second-order valence-electron chi connectivity index (χ2n) is 3.87. The van der Waals surface area contributed by atoms with Crippen molar-refractivity contribution in [3.05, 3.63) is 35.1 Å². The third kappa shape index (κ3) is 1.99. The maximum atomic E-state index is 13.5. The van der Waals surface area contributed by atoms with Crippen molar-refractivity contribution in [1.82, 2.24) is 0 Å². The molecule has 0 aromatic heterocycles. The van der Waals surface area contributed by atoms with Gasteiger partial charge in [0.15, 0.2) is 0 Å². The van der Waals surface area contributed by atoms with Crippen molar-refractivity contribution in [2.75, 3.05) is 0 Å². The van der Waals surface area contributed by atoms with Gasteiger partial charge in [0.2, 0.25) is 0 Å². The number of carboxylic acid groups (broad SMARTS) is 1. The molecule has 1 aromatic rings. The van der Waals surface area contributed by atoms with E-state index >= 15 is 0 Å². The van der Waals surface area contributed by atoms with Crippen LogP contribution < -0.4 is 5.73 Å². The number of hydrogen-bond acceptors (Lipinski definition) is 2. The Morgan fingerprint density at radius 1 is 1.53 bits per heavy atom. The second-order valence-corrected chi connectivity index (χ2v) is 3.87. The first-order chi connectivity index (χ1) is 7.09. The lowest BCUT2D eigenvalue weighted by molar-refractivity contribution is -0.138. The lowest BCUT2D eigenvalue weighted by Gasteiger charge is -2.08.